The first-order chi connectivity index (χ1) is 7.22. The summed E-state index contributed by atoms with van der Waals surface area (Å²) in [4.78, 5) is 0. The molecule has 0 saturated heterocycles. The summed E-state index contributed by atoms with van der Waals surface area (Å²) in [6, 6.07) is 0.00186. The summed E-state index contributed by atoms with van der Waals surface area (Å²) in [5.74, 6) is 0.455. The molecule has 0 amide bonds. The van der Waals surface area contributed by atoms with Crippen LogP contribution in [0.3, 0.4) is 0 Å². The van der Waals surface area contributed by atoms with Crippen LogP contribution >= 0.6 is 0 Å². The lowest BCUT2D eigenvalue weighted by Gasteiger charge is -2.26. The van der Waals surface area contributed by atoms with Crippen molar-refractivity contribution in [3.63, 3.8) is 0 Å². The first-order valence-electron chi connectivity index (χ1n) is 5.73. The van der Waals surface area contributed by atoms with Crippen LogP contribution in [0.15, 0.2) is 0 Å². The minimum absolute atomic E-state index is 0.00186. The average Bonchev–Trinajstić information content (AvgIpc) is 2.17. The number of methoxy groups -OCH3 is 1. The van der Waals surface area contributed by atoms with Crippen LogP contribution in [0.4, 0.5) is 0 Å². The van der Waals surface area contributed by atoms with Gasteiger partial charge in [-0.1, -0.05) is 6.92 Å². The summed E-state index contributed by atoms with van der Waals surface area (Å²) in [5.41, 5.74) is 5.70. The number of ether oxygens (including phenoxy) is 1. The Morgan fingerprint density at radius 3 is 2.38 bits per heavy atom. The molecule has 0 radical (unpaired) electrons. The Morgan fingerprint density at radius 1 is 1.38 bits per heavy atom. The van der Waals surface area contributed by atoms with Gasteiger partial charge in [0.05, 0.1) is 11.4 Å². The third-order valence-electron chi connectivity index (χ3n) is 2.78. The van der Waals surface area contributed by atoms with Crippen molar-refractivity contribution in [2.45, 2.75) is 51.7 Å². The first-order valence-corrected chi connectivity index (χ1v) is 7.55. The highest BCUT2D eigenvalue weighted by atomic mass is 32.2. The van der Waals surface area contributed by atoms with E-state index in [0.29, 0.717) is 6.42 Å². The summed E-state index contributed by atoms with van der Waals surface area (Å²) in [6.45, 7) is 5.63. The lowest BCUT2D eigenvalue weighted by atomic mass is 9.97. The van der Waals surface area contributed by atoms with Crippen molar-refractivity contribution < 1.29 is 13.2 Å². The van der Waals surface area contributed by atoms with Gasteiger partial charge in [-0.05, 0) is 33.1 Å². The molecule has 0 aromatic heterocycles. The molecule has 0 aliphatic rings. The summed E-state index contributed by atoms with van der Waals surface area (Å²) in [5, 5.41) is 0. The zero-order chi connectivity index (χ0) is 12.8. The Labute approximate surface area is 99.5 Å². The molecule has 0 bridgehead atoms. The van der Waals surface area contributed by atoms with Crippen LogP contribution in [0.2, 0.25) is 0 Å². The SMILES string of the molecule is CCS(=O)(=O)CCCC(N)CC(C)(C)OC. The number of hydrogen-bond donors (Lipinski definition) is 1. The lowest BCUT2D eigenvalue weighted by molar-refractivity contribution is 0.00955. The number of hydrogen-bond acceptors (Lipinski definition) is 4. The number of rotatable bonds is 8. The normalized spacial score (nSPS) is 15.1. The van der Waals surface area contributed by atoms with E-state index in [1.54, 1.807) is 14.0 Å². The maximum absolute atomic E-state index is 11.3. The van der Waals surface area contributed by atoms with E-state index in [4.69, 9.17) is 10.5 Å². The molecule has 4 nitrogen and oxygen atoms in total. The molecule has 1 atom stereocenters. The minimum Gasteiger partial charge on any atom is -0.379 e. The van der Waals surface area contributed by atoms with Crippen LogP contribution in [0.5, 0.6) is 0 Å². The van der Waals surface area contributed by atoms with E-state index < -0.39 is 9.84 Å². The van der Waals surface area contributed by atoms with Gasteiger partial charge in [-0.2, -0.15) is 0 Å². The predicted molar refractivity (Wildman–Crippen MR) is 67.2 cm³/mol. The van der Waals surface area contributed by atoms with Gasteiger partial charge < -0.3 is 10.5 Å². The Kier molecular flexibility index (Phi) is 6.51. The van der Waals surface area contributed by atoms with Gasteiger partial charge in [-0.15, -0.1) is 0 Å². The van der Waals surface area contributed by atoms with Crippen molar-refractivity contribution in [1.82, 2.24) is 0 Å². The van der Waals surface area contributed by atoms with Gasteiger partial charge >= 0.3 is 0 Å². The molecular weight excluding hydrogens is 226 g/mol. The van der Waals surface area contributed by atoms with Gasteiger partial charge in [-0.25, -0.2) is 8.42 Å². The first kappa shape index (κ1) is 15.9. The Morgan fingerprint density at radius 2 is 1.94 bits per heavy atom. The zero-order valence-corrected chi connectivity index (χ0v) is 11.6. The second-order valence-electron chi connectivity index (χ2n) is 4.81. The van der Waals surface area contributed by atoms with Crippen molar-refractivity contribution in [2.75, 3.05) is 18.6 Å². The average molecular weight is 251 g/mol. The molecule has 0 aliphatic carbocycles. The van der Waals surface area contributed by atoms with Gasteiger partial charge in [0, 0.05) is 18.9 Å². The second kappa shape index (κ2) is 6.57. The monoisotopic (exact) mass is 251 g/mol. The molecule has 16 heavy (non-hydrogen) atoms. The van der Waals surface area contributed by atoms with Crippen molar-refractivity contribution in [3.8, 4) is 0 Å². The van der Waals surface area contributed by atoms with E-state index in [1.165, 1.54) is 0 Å². The van der Waals surface area contributed by atoms with Gasteiger partial charge in [0.15, 0.2) is 0 Å². The molecule has 0 aliphatic heterocycles. The molecule has 0 aromatic carbocycles. The molecule has 0 spiro atoms. The van der Waals surface area contributed by atoms with E-state index in [-0.39, 0.29) is 23.1 Å². The molecule has 0 heterocycles. The van der Waals surface area contributed by atoms with Crippen LogP contribution in [-0.4, -0.2) is 38.7 Å². The third-order valence-corrected chi connectivity index (χ3v) is 4.57. The van der Waals surface area contributed by atoms with Crippen molar-refractivity contribution in [2.24, 2.45) is 5.73 Å². The summed E-state index contributed by atoms with van der Waals surface area (Å²) >= 11 is 0. The van der Waals surface area contributed by atoms with E-state index in [0.717, 1.165) is 12.8 Å². The summed E-state index contributed by atoms with van der Waals surface area (Å²) < 4.78 is 27.8. The van der Waals surface area contributed by atoms with Gasteiger partial charge in [0.2, 0.25) is 0 Å². The van der Waals surface area contributed by atoms with Crippen LogP contribution in [0, 0.1) is 0 Å². The molecular formula is C11H25NO3S. The van der Waals surface area contributed by atoms with Crippen molar-refractivity contribution in [3.05, 3.63) is 0 Å². The molecule has 1 unspecified atom stereocenters. The fourth-order valence-electron chi connectivity index (χ4n) is 1.53. The van der Waals surface area contributed by atoms with E-state index in [2.05, 4.69) is 0 Å². The molecule has 0 aromatic rings. The molecule has 2 N–H and O–H groups in total. The summed E-state index contributed by atoms with van der Waals surface area (Å²) in [6.07, 6.45) is 2.11. The van der Waals surface area contributed by atoms with E-state index in [9.17, 15) is 8.42 Å². The molecule has 98 valence electrons. The number of sulfone groups is 1. The highest BCUT2D eigenvalue weighted by Gasteiger charge is 2.20. The van der Waals surface area contributed by atoms with E-state index in [1.807, 2.05) is 13.8 Å². The van der Waals surface area contributed by atoms with Crippen LogP contribution in [0.1, 0.15) is 40.0 Å². The van der Waals surface area contributed by atoms with Crippen LogP contribution in [0.25, 0.3) is 0 Å². The molecule has 0 fully saturated rings. The smallest absolute Gasteiger partial charge is 0.150 e. The summed E-state index contributed by atoms with van der Waals surface area (Å²) in [7, 11) is -1.19. The highest BCUT2D eigenvalue weighted by Crippen LogP contribution is 2.17. The highest BCUT2D eigenvalue weighted by molar-refractivity contribution is 7.91. The standard InChI is InChI=1S/C11H25NO3S/c1-5-16(13,14)8-6-7-10(12)9-11(2,3)15-4/h10H,5-9,12H2,1-4H3. The Balaban J connectivity index is 3.87. The molecule has 0 rings (SSSR count). The lowest BCUT2D eigenvalue weighted by Crippen LogP contribution is -2.34. The zero-order valence-electron chi connectivity index (χ0n) is 10.8. The maximum atomic E-state index is 11.3. The van der Waals surface area contributed by atoms with Crippen molar-refractivity contribution >= 4 is 9.84 Å². The van der Waals surface area contributed by atoms with Gasteiger partial charge in [-0.3, -0.25) is 0 Å². The van der Waals surface area contributed by atoms with Crippen molar-refractivity contribution in [1.29, 1.82) is 0 Å². The maximum Gasteiger partial charge on any atom is 0.150 e. The van der Waals surface area contributed by atoms with Gasteiger partial charge in [0.25, 0.3) is 0 Å². The second-order valence-corrected chi connectivity index (χ2v) is 7.28. The fraction of sp³-hybridized carbons (Fsp3) is 1.00. The molecule has 0 saturated carbocycles. The largest absolute Gasteiger partial charge is 0.379 e. The van der Waals surface area contributed by atoms with Crippen LogP contribution < -0.4 is 5.73 Å². The molecule has 5 heteroatoms. The number of nitrogens with two attached hydrogens (primary N) is 1. The van der Waals surface area contributed by atoms with Crippen LogP contribution in [-0.2, 0) is 14.6 Å². The quantitative estimate of drug-likeness (QED) is 0.707. The Bertz CT molecular complexity index is 286. The van der Waals surface area contributed by atoms with E-state index >= 15 is 0 Å². The Hall–Kier alpha value is -0.130. The predicted octanol–water partition coefficient (Wildman–Crippen LogP) is 1.34. The minimum atomic E-state index is -2.85. The fourth-order valence-corrected chi connectivity index (χ4v) is 2.42. The topological polar surface area (TPSA) is 69.4 Å². The third kappa shape index (κ3) is 7.19. The van der Waals surface area contributed by atoms with Gasteiger partial charge in [0.1, 0.15) is 9.84 Å².